The fourth-order valence-corrected chi connectivity index (χ4v) is 2.58. The van der Waals surface area contributed by atoms with E-state index in [-0.39, 0.29) is 17.6 Å². The van der Waals surface area contributed by atoms with Gasteiger partial charge in [-0.1, -0.05) is 50.2 Å². The van der Waals surface area contributed by atoms with Gasteiger partial charge in [0.2, 0.25) is 0 Å². The molecule has 0 atom stereocenters. The second kappa shape index (κ2) is 6.65. The van der Waals surface area contributed by atoms with E-state index in [1.165, 1.54) is 5.56 Å². The Hall–Kier alpha value is -2.29. The second-order valence-corrected chi connectivity index (χ2v) is 6.12. The largest absolute Gasteiger partial charge is 0.508 e. The van der Waals surface area contributed by atoms with Gasteiger partial charge < -0.3 is 10.2 Å². The normalized spacial score (nSPS) is 11.4. The third-order valence-electron chi connectivity index (χ3n) is 4.12. The smallest absolute Gasteiger partial charge is 0.303 e. The van der Waals surface area contributed by atoms with Crippen LogP contribution < -0.4 is 0 Å². The quantitative estimate of drug-likeness (QED) is 0.843. The van der Waals surface area contributed by atoms with Gasteiger partial charge in [-0.25, -0.2) is 0 Å². The molecule has 0 spiro atoms. The Balaban J connectivity index is 2.11. The molecule has 2 N–H and O–H groups in total. The van der Waals surface area contributed by atoms with Crippen molar-refractivity contribution in [2.24, 2.45) is 0 Å². The van der Waals surface area contributed by atoms with Crippen molar-refractivity contribution < 1.29 is 15.0 Å². The highest BCUT2D eigenvalue weighted by Gasteiger charge is 2.22. The predicted molar refractivity (Wildman–Crippen MR) is 87.3 cm³/mol. The molecule has 0 bridgehead atoms. The molecule has 0 aliphatic rings. The molecule has 22 heavy (non-hydrogen) atoms. The lowest BCUT2D eigenvalue weighted by Crippen LogP contribution is -2.18. The first kappa shape index (κ1) is 16.1. The molecule has 0 aromatic heterocycles. The molecule has 0 amide bonds. The first-order valence-corrected chi connectivity index (χ1v) is 7.50. The minimum absolute atomic E-state index is 0.146. The number of aromatic hydroxyl groups is 1. The number of aliphatic carboxylic acids is 1. The van der Waals surface area contributed by atoms with Crippen molar-refractivity contribution in [1.29, 1.82) is 0 Å². The topological polar surface area (TPSA) is 57.5 Å². The fourth-order valence-electron chi connectivity index (χ4n) is 2.58. The summed E-state index contributed by atoms with van der Waals surface area (Å²) in [4.78, 5) is 10.5. The number of phenolic OH excluding ortho intramolecular Hbond substituents is 1. The number of hydrogen-bond acceptors (Lipinski definition) is 2. The summed E-state index contributed by atoms with van der Waals surface area (Å²) >= 11 is 0. The summed E-state index contributed by atoms with van der Waals surface area (Å²) in [7, 11) is 0. The van der Waals surface area contributed by atoms with Gasteiger partial charge in [-0.05, 0) is 41.7 Å². The number of phenols is 1. The van der Waals surface area contributed by atoms with E-state index in [9.17, 15) is 9.90 Å². The molecule has 0 saturated heterocycles. The summed E-state index contributed by atoms with van der Waals surface area (Å²) in [5.74, 6) is -0.474. The first-order chi connectivity index (χ1) is 10.4. The van der Waals surface area contributed by atoms with Crippen molar-refractivity contribution >= 4 is 5.97 Å². The second-order valence-electron chi connectivity index (χ2n) is 6.12. The lowest BCUT2D eigenvalue weighted by atomic mass is 9.78. The van der Waals surface area contributed by atoms with E-state index in [4.69, 9.17) is 5.11 Å². The standard InChI is InChI=1S/C19H22O3/c1-19(2,16-10-12-17(20)13-11-16)15-8-6-14(7-9-15)4-3-5-18(21)22/h6-13,20H,3-5H2,1-2H3,(H,21,22). The van der Waals surface area contributed by atoms with Crippen molar-refractivity contribution in [3.05, 3.63) is 65.2 Å². The SMILES string of the molecule is CC(C)(c1ccc(O)cc1)c1ccc(CCCC(=O)O)cc1. The van der Waals surface area contributed by atoms with E-state index in [0.717, 1.165) is 17.5 Å². The number of hydrogen-bond donors (Lipinski definition) is 2. The summed E-state index contributed by atoms with van der Waals surface area (Å²) in [6.45, 7) is 4.30. The zero-order chi connectivity index (χ0) is 16.2. The van der Waals surface area contributed by atoms with Crippen LogP contribution in [0.25, 0.3) is 0 Å². The van der Waals surface area contributed by atoms with Gasteiger partial charge in [0.25, 0.3) is 0 Å². The van der Waals surface area contributed by atoms with Gasteiger partial charge in [-0.15, -0.1) is 0 Å². The molecule has 0 aliphatic carbocycles. The van der Waals surface area contributed by atoms with Crippen molar-refractivity contribution in [3.63, 3.8) is 0 Å². The molecule has 3 heteroatoms. The highest BCUT2D eigenvalue weighted by Crippen LogP contribution is 2.32. The highest BCUT2D eigenvalue weighted by atomic mass is 16.4. The van der Waals surface area contributed by atoms with Gasteiger partial charge in [-0.3, -0.25) is 4.79 Å². The molecule has 0 aliphatic heterocycles. The third-order valence-corrected chi connectivity index (χ3v) is 4.12. The number of carboxylic acid groups (broad SMARTS) is 1. The fraction of sp³-hybridized carbons (Fsp3) is 0.316. The number of rotatable bonds is 6. The zero-order valence-corrected chi connectivity index (χ0v) is 13.0. The lowest BCUT2D eigenvalue weighted by Gasteiger charge is -2.26. The molecule has 0 unspecified atom stereocenters. The number of carbonyl (C=O) groups is 1. The molecular formula is C19H22O3. The average Bonchev–Trinajstić information content (AvgIpc) is 2.48. The monoisotopic (exact) mass is 298 g/mol. The molecule has 0 radical (unpaired) electrons. The molecule has 0 fully saturated rings. The maximum absolute atomic E-state index is 10.5. The molecule has 2 aromatic carbocycles. The Morgan fingerprint density at radius 1 is 0.955 bits per heavy atom. The van der Waals surface area contributed by atoms with E-state index < -0.39 is 5.97 Å². The molecular weight excluding hydrogens is 276 g/mol. The maximum atomic E-state index is 10.5. The summed E-state index contributed by atoms with van der Waals surface area (Å²) in [5.41, 5.74) is 3.35. The van der Waals surface area contributed by atoms with E-state index in [0.29, 0.717) is 6.42 Å². The number of aryl methyl sites for hydroxylation is 1. The van der Waals surface area contributed by atoms with Gasteiger partial charge in [0, 0.05) is 11.8 Å². The van der Waals surface area contributed by atoms with Crippen LogP contribution in [0.4, 0.5) is 0 Å². The van der Waals surface area contributed by atoms with Gasteiger partial charge in [0.05, 0.1) is 0 Å². The molecule has 2 aromatic rings. The van der Waals surface area contributed by atoms with Gasteiger partial charge in [0.15, 0.2) is 0 Å². The van der Waals surface area contributed by atoms with E-state index >= 15 is 0 Å². The van der Waals surface area contributed by atoms with Crippen molar-refractivity contribution in [1.82, 2.24) is 0 Å². The van der Waals surface area contributed by atoms with Crippen LogP contribution in [0.2, 0.25) is 0 Å². The summed E-state index contributed by atoms with van der Waals surface area (Å²) < 4.78 is 0. The van der Waals surface area contributed by atoms with Crippen molar-refractivity contribution in [2.75, 3.05) is 0 Å². The highest BCUT2D eigenvalue weighted by molar-refractivity contribution is 5.66. The van der Waals surface area contributed by atoms with Crippen LogP contribution in [0.5, 0.6) is 5.75 Å². The van der Waals surface area contributed by atoms with Crippen LogP contribution >= 0.6 is 0 Å². The molecule has 3 nitrogen and oxygen atoms in total. The summed E-state index contributed by atoms with van der Waals surface area (Å²) in [5, 5.41) is 18.1. The Morgan fingerprint density at radius 2 is 1.45 bits per heavy atom. The first-order valence-electron chi connectivity index (χ1n) is 7.50. The maximum Gasteiger partial charge on any atom is 0.303 e. The molecule has 2 rings (SSSR count). The summed E-state index contributed by atoms with van der Waals surface area (Å²) in [6, 6.07) is 15.6. The van der Waals surface area contributed by atoms with Crippen LogP contribution in [0.15, 0.2) is 48.5 Å². The molecule has 116 valence electrons. The van der Waals surface area contributed by atoms with Gasteiger partial charge in [0.1, 0.15) is 5.75 Å². The molecule has 0 heterocycles. The third kappa shape index (κ3) is 3.88. The Morgan fingerprint density at radius 3 is 1.95 bits per heavy atom. The van der Waals surface area contributed by atoms with E-state index in [2.05, 4.69) is 38.1 Å². The van der Waals surface area contributed by atoms with Crippen LogP contribution in [0.3, 0.4) is 0 Å². The Labute approximate surface area is 131 Å². The minimum Gasteiger partial charge on any atom is -0.508 e. The zero-order valence-electron chi connectivity index (χ0n) is 13.0. The number of benzene rings is 2. The van der Waals surface area contributed by atoms with Gasteiger partial charge >= 0.3 is 5.97 Å². The Kier molecular flexibility index (Phi) is 4.86. The van der Waals surface area contributed by atoms with E-state index in [1.54, 1.807) is 12.1 Å². The van der Waals surface area contributed by atoms with Crippen molar-refractivity contribution in [2.45, 2.75) is 38.5 Å². The predicted octanol–water partition coefficient (Wildman–Crippen LogP) is 4.13. The van der Waals surface area contributed by atoms with Crippen LogP contribution in [-0.4, -0.2) is 16.2 Å². The van der Waals surface area contributed by atoms with Gasteiger partial charge in [-0.2, -0.15) is 0 Å². The van der Waals surface area contributed by atoms with Crippen LogP contribution in [-0.2, 0) is 16.6 Å². The van der Waals surface area contributed by atoms with Crippen LogP contribution in [0, 0.1) is 0 Å². The van der Waals surface area contributed by atoms with Crippen molar-refractivity contribution in [3.8, 4) is 5.75 Å². The minimum atomic E-state index is -0.745. The molecule has 0 saturated carbocycles. The summed E-state index contributed by atoms with van der Waals surface area (Å²) in [6.07, 6.45) is 1.66. The van der Waals surface area contributed by atoms with Crippen LogP contribution in [0.1, 0.15) is 43.4 Å². The average molecular weight is 298 g/mol. The lowest BCUT2D eigenvalue weighted by molar-refractivity contribution is -0.137. The van der Waals surface area contributed by atoms with E-state index in [1.807, 2.05) is 12.1 Å². The Bertz CT molecular complexity index is 625. The number of carboxylic acids is 1.